The van der Waals surface area contributed by atoms with E-state index in [2.05, 4.69) is 10.3 Å². The minimum Gasteiger partial charge on any atom is -0.484 e. The van der Waals surface area contributed by atoms with Crippen LogP contribution in [-0.4, -0.2) is 32.2 Å². The molecule has 4 aromatic rings. The number of amides is 1. The Bertz CT molecular complexity index is 1280. The number of benzene rings is 2. The second-order valence-electron chi connectivity index (χ2n) is 6.25. The molecule has 0 aliphatic heterocycles. The topological polar surface area (TPSA) is 98.5 Å². The highest BCUT2D eigenvalue weighted by Gasteiger charge is 2.11. The molecule has 0 unspecified atom stereocenters. The maximum Gasteiger partial charge on any atom is 0.262 e. The maximum atomic E-state index is 12.1. The third-order valence-corrected chi connectivity index (χ3v) is 5.12. The van der Waals surface area contributed by atoms with Crippen LogP contribution in [0, 0.1) is 0 Å². The van der Waals surface area contributed by atoms with Gasteiger partial charge in [-0.05, 0) is 36.4 Å². The van der Waals surface area contributed by atoms with Gasteiger partial charge in [0.05, 0.1) is 11.9 Å². The molecule has 0 fully saturated rings. The van der Waals surface area contributed by atoms with E-state index in [-0.39, 0.29) is 17.5 Å². The van der Waals surface area contributed by atoms with Gasteiger partial charge in [0.25, 0.3) is 5.91 Å². The van der Waals surface area contributed by atoms with E-state index in [9.17, 15) is 13.2 Å². The molecule has 0 saturated carbocycles. The van der Waals surface area contributed by atoms with Gasteiger partial charge in [-0.1, -0.05) is 18.2 Å². The lowest BCUT2D eigenvalue weighted by Crippen LogP contribution is -2.20. The SMILES string of the molecule is CS(=O)(=O)c1ccc(NC(=O)COc2ccc3oc4ccccc4c3c2)cn1. The number of pyridine rings is 1. The lowest BCUT2D eigenvalue weighted by atomic mass is 10.1. The zero-order chi connectivity index (χ0) is 19.7. The molecule has 8 heteroatoms. The third kappa shape index (κ3) is 3.67. The van der Waals surface area contributed by atoms with E-state index in [4.69, 9.17) is 9.15 Å². The number of aromatic nitrogens is 1. The fraction of sp³-hybridized carbons (Fsp3) is 0.100. The highest BCUT2D eigenvalue weighted by Crippen LogP contribution is 2.31. The number of hydrogen-bond acceptors (Lipinski definition) is 6. The van der Waals surface area contributed by atoms with Crippen molar-refractivity contribution < 1.29 is 22.4 Å². The second kappa shape index (κ2) is 6.97. The van der Waals surface area contributed by atoms with Crippen molar-refractivity contribution in [3.8, 4) is 5.75 Å². The Kier molecular flexibility index (Phi) is 4.48. The molecular formula is C20H16N2O5S. The second-order valence-corrected chi connectivity index (χ2v) is 8.21. The van der Waals surface area contributed by atoms with Crippen LogP contribution in [0.4, 0.5) is 5.69 Å². The van der Waals surface area contributed by atoms with E-state index in [1.54, 1.807) is 12.1 Å². The fourth-order valence-corrected chi connectivity index (χ4v) is 3.37. The number of rotatable bonds is 5. The van der Waals surface area contributed by atoms with Gasteiger partial charge in [0.15, 0.2) is 21.5 Å². The van der Waals surface area contributed by atoms with Crippen LogP contribution in [0.5, 0.6) is 5.75 Å². The minimum atomic E-state index is -3.38. The Balaban J connectivity index is 1.44. The van der Waals surface area contributed by atoms with Gasteiger partial charge in [0.2, 0.25) is 0 Å². The van der Waals surface area contributed by atoms with Gasteiger partial charge in [-0.2, -0.15) is 0 Å². The first-order valence-electron chi connectivity index (χ1n) is 8.40. The van der Waals surface area contributed by atoms with E-state index < -0.39 is 9.84 Å². The van der Waals surface area contributed by atoms with Gasteiger partial charge in [-0.3, -0.25) is 4.79 Å². The summed E-state index contributed by atoms with van der Waals surface area (Å²) in [5, 5.41) is 4.45. The van der Waals surface area contributed by atoms with Crippen molar-refractivity contribution in [2.24, 2.45) is 0 Å². The molecular weight excluding hydrogens is 380 g/mol. The number of hydrogen-bond donors (Lipinski definition) is 1. The number of carbonyl (C=O) groups excluding carboxylic acids is 1. The molecule has 28 heavy (non-hydrogen) atoms. The molecule has 0 aliphatic rings. The highest BCUT2D eigenvalue weighted by atomic mass is 32.2. The summed E-state index contributed by atoms with van der Waals surface area (Å²) in [6, 6.07) is 15.9. The van der Waals surface area contributed by atoms with Crippen LogP contribution in [-0.2, 0) is 14.6 Å². The first-order valence-corrected chi connectivity index (χ1v) is 10.3. The first-order chi connectivity index (χ1) is 13.4. The molecule has 0 aliphatic carbocycles. The van der Waals surface area contributed by atoms with Gasteiger partial charge in [-0.15, -0.1) is 0 Å². The largest absolute Gasteiger partial charge is 0.484 e. The zero-order valence-corrected chi connectivity index (χ0v) is 15.7. The van der Waals surface area contributed by atoms with Crippen molar-refractivity contribution in [1.29, 1.82) is 0 Å². The molecule has 2 heterocycles. The van der Waals surface area contributed by atoms with Gasteiger partial charge in [0, 0.05) is 17.0 Å². The average Bonchev–Trinajstić information content (AvgIpc) is 3.04. The van der Waals surface area contributed by atoms with Gasteiger partial charge in [-0.25, -0.2) is 13.4 Å². The minimum absolute atomic E-state index is 0.0533. The summed E-state index contributed by atoms with van der Waals surface area (Å²) in [6.45, 7) is -0.199. The summed E-state index contributed by atoms with van der Waals surface area (Å²) >= 11 is 0. The summed E-state index contributed by atoms with van der Waals surface area (Å²) in [7, 11) is -3.38. The maximum absolute atomic E-state index is 12.1. The number of nitrogens with one attached hydrogen (secondary N) is 1. The summed E-state index contributed by atoms with van der Waals surface area (Å²) in [6.07, 6.45) is 2.36. The van der Waals surface area contributed by atoms with Crippen molar-refractivity contribution in [2.45, 2.75) is 5.03 Å². The van der Waals surface area contributed by atoms with Crippen LogP contribution >= 0.6 is 0 Å². The first kappa shape index (κ1) is 18.0. The highest BCUT2D eigenvalue weighted by molar-refractivity contribution is 7.90. The number of furan rings is 1. The summed E-state index contributed by atoms with van der Waals surface area (Å²) in [4.78, 5) is 15.9. The summed E-state index contributed by atoms with van der Waals surface area (Å²) in [5.41, 5.74) is 1.92. The summed E-state index contributed by atoms with van der Waals surface area (Å²) < 4.78 is 34.1. The van der Waals surface area contributed by atoms with E-state index >= 15 is 0 Å². The Morgan fingerprint density at radius 2 is 1.86 bits per heavy atom. The van der Waals surface area contributed by atoms with Crippen molar-refractivity contribution in [3.05, 3.63) is 60.8 Å². The Labute approximate surface area is 160 Å². The van der Waals surface area contributed by atoms with Crippen LogP contribution in [0.3, 0.4) is 0 Å². The number of nitrogens with zero attached hydrogens (tertiary/aromatic N) is 1. The van der Waals surface area contributed by atoms with Crippen LogP contribution in [0.15, 0.2) is 70.2 Å². The Morgan fingerprint density at radius 3 is 2.61 bits per heavy atom. The van der Waals surface area contributed by atoms with Gasteiger partial charge in [0.1, 0.15) is 16.9 Å². The molecule has 0 atom stereocenters. The summed E-state index contributed by atoms with van der Waals surface area (Å²) in [5.74, 6) is 0.158. The van der Waals surface area contributed by atoms with Gasteiger partial charge < -0.3 is 14.5 Å². The molecule has 7 nitrogen and oxygen atoms in total. The average molecular weight is 396 g/mol. The normalized spacial score (nSPS) is 11.6. The van der Waals surface area contributed by atoms with Crippen molar-refractivity contribution in [3.63, 3.8) is 0 Å². The number of sulfone groups is 1. The van der Waals surface area contributed by atoms with E-state index in [1.807, 2.05) is 30.3 Å². The van der Waals surface area contributed by atoms with Crippen LogP contribution in [0.25, 0.3) is 21.9 Å². The van der Waals surface area contributed by atoms with E-state index in [0.29, 0.717) is 11.4 Å². The quantitative estimate of drug-likeness (QED) is 0.555. The molecule has 142 valence electrons. The monoisotopic (exact) mass is 396 g/mol. The number of ether oxygens (including phenoxy) is 1. The molecule has 1 amide bonds. The van der Waals surface area contributed by atoms with Crippen molar-refractivity contribution in [2.75, 3.05) is 18.2 Å². The molecule has 4 rings (SSSR count). The number of carbonyl (C=O) groups is 1. The molecule has 0 radical (unpaired) electrons. The van der Waals surface area contributed by atoms with E-state index in [0.717, 1.165) is 28.2 Å². The standard InChI is InChI=1S/C20H16N2O5S/c1-28(24,25)20-9-6-13(11-21-20)22-19(23)12-26-14-7-8-18-16(10-14)15-4-2-3-5-17(15)27-18/h2-11H,12H2,1H3,(H,22,23). The van der Waals surface area contributed by atoms with Crippen molar-refractivity contribution in [1.82, 2.24) is 4.98 Å². The van der Waals surface area contributed by atoms with E-state index in [1.165, 1.54) is 18.3 Å². The molecule has 0 spiro atoms. The van der Waals surface area contributed by atoms with Crippen LogP contribution in [0.2, 0.25) is 0 Å². The van der Waals surface area contributed by atoms with Gasteiger partial charge >= 0.3 is 0 Å². The molecule has 2 aromatic heterocycles. The van der Waals surface area contributed by atoms with Crippen LogP contribution < -0.4 is 10.1 Å². The lowest BCUT2D eigenvalue weighted by molar-refractivity contribution is -0.118. The van der Waals surface area contributed by atoms with Crippen LogP contribution in [0.1, 0.15) is 0 Å². The molecule has 0 bridgehead atoms. The number of para-hydroxylation sites is 1. The molecule has 1 N–H and O–H groups in total. The van der Waals surface area contributed by atoms with Crippen molar-refractivity contribution >= 4 is 43.4 Å². The Hall–Kier alpha value is -3.39. The predicted octanol–water partition coefficient (Wildman–Crippen LogP) is 3.40. The smallest absolute Gasteiger partial charge is 0.262 e. The fourth-order valence-electron chi connectivity index (χ4n) is 2.81. The molecule has 2 aromatic carbocycles. The predicted molar refractivity (Wildman–Crippen MR) is 105 cm³/mol. The third-order valence-electron chi connectivity index (χ3n) is 4.12. The number of anilines is 1. The lowest BCUT2D eigenvalue weighted by Gasteiger charge is -2.08. The number of fused-ring (bicyclic) bond motifs is 3. The Morgan fingerprint density at radius 1 is 1.07 bits per heavy atom. The molecule has 0 saturated heterocycles. The zero-order valence-electron chi connectivity index (χ0n) is 14.9.